The summed E-state index contributed by atoms with van der Waals surface area (Å²) in [4.78, 5) is 28.6. The van der Waals surface area contributed by atoms with E-state index in [0.717, 1.165) is 5.56 Å². The summed E-state index contributed by atoms with van der Waals surface area (Å²) in [6.07, 6.45) is 1.48. The van der Waals surface area contributed by atoms with Crippen LogP contribution in [0, 0.1) is 18.3 Å². The summed E-state index contributed by atoms with van der Waals surface area (Å²) in [6.45, 7) is 5.43. The highest BCUT2D eigenvalue weighted by molar-refractivity contribution is 6.15. The summed E-state index contributed by atoms with van der Waals surface area (Å²) in [6, 6.07) is 7.46. The second kappa shape index (κ2) is 6.36. The molecule has 5 heteroatoms. The Balaban J connectivity index is 2.45. The fraction of sp³-hybridized carbons (Fsp3) is 0.389. The summed E-state index contributed by atoms with van der Waals surface area (Å²) in [5.41, 5.74) is 1.04. The van der Waals surface area contributed by atoms with Crippen LogP contribution in [-0.2, 0) is 14.3 Å². The van der Waals surface area contributed by atoms with Gasteiger partial charge in [-0.3, -0.25) is 14.6 Å². The highest BCUT2D eigenvalue weighted by Gasteiger charge is 2.46. The number of aliphatic hydroxyl groups excluding tert-OH is 1. The highest BCUT2D eigenvalue weighted by Crippen LogP contribution is 2.41. The van der Waals surface area contributed by atoms with Crippen LogP contribution in [0.5, 0.6) is 0 Å². The number of esters is 1. The van der Waals surface area contributed by atoms with E-state index >= 15 is 0 Å². The number of aliphatic hydroxyl groups is 1. The number of carbonyl (C=O) groups excluding carboxylic acids is 2. The SMILES string of the molecule is COC(=O)C1C(O)=C(C=Nc2ccccc2C)C(=O)CC1(C)C. The lowest BCUT2D eigenvalue weighted by Crippen LogP contribution is -2.40. The molecule has 0 saturated heterocycles. The van der Waals surface area contributed by atoms with Crippen molar-refractivity contribution < 1.29 is 19.4 Å². The van der Waals surface area contributed by atoms with Crippen molar-refractivity contribution in [2.24, 2.45) is 16.3 Å². The van der Waals surface area contributed by atoms with Gasteiger partial charge in [-0.1, -0.05) is 32.0 Å². The van der Waals surface area contributed by atoms with Gasteiger partial charge in [-0.25, -0.2) is 0 Å². The van der Waals surface area contributed by atoms with Crippen molar-refractivity contribution in [1.29, 1.82) is 0 Å². The second-order valence-electron chi connectivity index (χ2n) is 6.39. The van der Waals surface area contributed by atoms with E-state index in [1.165, 1.54) is 13.3 Å². The van der Waals surface area contributed by atoms with E-state index in [0.29, 0.717) is 5.69 Å². The number of ether oxygens (including phenoxy) is 1. The molecule has 1 aromatic carbocycles. The smallest absolute Gasteiger partial charge is 0.316 e. The minimum absolute atomic E-state index is 0.0722. The Morgan fingerprint density at radius 3 is 2.65 bits per heavy atom. The minimum atomic E-state index is -0.872. The van der Waals surface area contributed by atoms with Gasteiger partial charge in [0.05, 0.1) is 18.4 Å². The van der Waals surface area contributed by atoms with Crippen molar-refractivity contribution >= 4 is 23.7 Å². The van der Waals surface area contributed by atoms with Crippen molar-refractivity contribution in [1.82, 2.24) is 0 Å². The number of benzene rings is 1. The van der Waals surface area contributed by atoms with E-state index in [1.54, 1.807) is 13.8 Å². The number of methoxy groups -OCH3 is 1. The lowest BCUT2D eigenvalue weighted by atomic mass is 9.68. The molecule has 1 atom stereocenters. The standard InChI is InChI=1S/C18H21NO4/c1-11-7-5-6-8-13(11)19-10-12-14(20)9-18(2,3)15(16(12)21)17(22)23-4/h5-8,10,15,21H,9H2,1-4H3. The van der Waals surface area contributed by atoms with Crippen LogP contribution in [0.15, 0.2) is 40.6 Å². The van der Waals surface area contributed by atoms with Crippen molar-refractivity contribution in [2.75, 3.05) is 7.11 Å². The molecule has 5 nitrogen and oxygen atoms in total. The van der Waals surface area contributed by atoms with Crippen LogP contribution in [0.25, 0.3) is 0 Å². The molecule has 0 radical (unpaired) electrons. The number of hydrogen-bond donors (Lipinski definition) is 1. The number of carbonyl (C=O) groups is 2. The van der Waals surface area contributed by atoms with E-state index in [9.17, 15) is 14.7 Å². The number of aliphatic imine (C=N–C) groups is 1. The second-order valence-corrected chi connectivity index (χ2v) is 6.39. The molecular weight excluding hydrogens is 294 g/mol. The van der Waals surface area contributed by atoms with Gasteiger partial charge in [0.1, 0.15) is 11.7 Å². The molecule has 1 aliphatic rings. The molecule has 23 heavy (non-hydrogen) atoms. The molecule has 0 spiro atoms. The first-order valence-electron chi connectivity index (χ1n) is 7.42. The zero-order chi connectivity index (χ0) is 17.2. The predicted molar refractivity (Wildman–Crippen MR) is 87.9 cm³/mol. The van der Waals surface area contributed by atoms with Gasteiger partial charge in [-0.15, -0.1) is 0 Å². The normalized spacial score (nSPS) is 20.9. The topological polar surface area (TPSA) is 76.0 Å². The fourth-order valence-electron chi connectivity index (χ4n) is 2.81. The third kappa shape index (κ3) is 3.33. The van der Waals surface area contributed by atoms with E-state index in [1.807, 2.05) is 31.2 Å². The van der Waals surface area contributed by atoms with Gasteiger partial charge >= 0.3 is 5.97 Å². The zero-order valence-electron chi connectivity index (χ0n) is 13.8. The largest absolute Gasteiger partial charge is 0.511 e. The van der Waals surface area contributed by atoms with Gasteiger partial charge < -0.3 is 9.84 Å². The molecule has 0 saturated carbocycles. The molecule has 1 N–H and O–H groups in total. The molecular formula is C18H21NO4. The first-order chi connectivity index (χ1) is 10.8. The maximum Gasteiger partial charge on any atom is 0.316 e. The van der Waals surface area contributed by atoms with Crippen LogP contribution in [0.4, 0.5) is 5.69 Å². The number of nitrogens with zero attached hydrogens (tertiary/aromatic N) is 1. The molecule has 122 valence electrons. The first kappa shape index (κ1) is 16.9. The fourth-order valence-corrected chi connectivity index (χ4v) is 2.81. The van der Waals surface area contributed by atoms with Gasteiger partial charge in [0.2, 0.25) is 0 Å². The number of ketones is 1. The molecule has 0 heterocycles. The Morgan fingerprint density at radius 1 is 1.39 bits per heavy atom. The summed E-state index contributed by atoms with van der Waals surface area (Å²) < 4.78 is 4.77. The molecule has 0 fully saturated rings. The number of allylic oxidation sites excluding steroid dienone is 1. The van der Waals surface area contributed by atoms with Gasteiger partial charge in [-0.05, 0) is 24.0 Å². The Bertz CT molecular complexity index is 701. The van der Waals surface area contributed by atoms with E-state index < -0.39 is 17.3 Å². The van der Waals surface area contributed by atoms with Crippen molar-refractivity contribution in [3.8, 4) is 0 Å². The van der Waals surface area contributed by atoms with Gasteiger partial charge in [0.15, 0.2) is 5.78 Å². The van der Waals surface area contributed by atoms with E-state index in [4.69, 9.17) is 4.74 Å². The highest BCUT2D eigenvalue weighted by atomic mass is 16.5. The Kier molecular flexibility index (Phi) is 4.68. The average molecular weight is 315 g/mol. The lowest BCUT2D eigenvalue weighted by Gasteiger charge is -2.35. The summed E-state index contributed by atoms with van der Waals surface area (Å²) in [5, 5.41) is 10.5. The van der Waals surface area contributed by atoms with Crippen LogP contribution in [-0.4, -0.2) is 30.2 Å². The van der Waals surface area contributed by atoms with Crippen molar-refractivity contribution in [2.45, 2.75) is 27.2 Å². The maximum atomic E-state index is 12.3. The van der Waals surface area contributed by atoms with E-state index in [-0.39, 0.29) is 23.5 Å². The monoisotopic (exact) mass is 315 g/mol. The quantitative estimate of drug-likeness (QED) is 0.686. The zero-order valence-corrected chi connectivity index (χ0v) is 13.8. The van der Waals surface area contributed by atoms with Crippen LogP contribution in [0.3, 0.4) is 0 Å². The van der Waals surface area contributed by atoms with Crippen molar-refractivity contribution in [3.05, 3.63) is 41.2 Å². The maximum absolute atomic E-state index is 12.3. The molecule has 0 aliphatic heterocycles. The van der Waals surface area contributed by atoms with Crippen molar-refractivity contribution in [3.63, 3.8) is 0 Å². The third-order valence-electron chi connectivity index (χ3n) is 4.13. The Hall–Kier alpha value is -2.43. The molecule has 0 bridgehead atoms. The molecule has 1 aromatic rings. The van der Waals surface area contributed by atoms with Crippen LogP contribution >= 0.6 is 0 Å². The van der Waals surface area contributed by atoms with E-state index in [2.05, 4.69) is 4.99 Å². The number of hydrogen-bond acceptors (Lipinski definition) is 5. The molecule has 1 unspecified atom stereocenters. The first-order valence-corrected chi connectivity index (χ1v) is 7.42. The van der Waals surface area contributed by atoms with Crippen LogP contribution in [0.2, 0.25) is 0 Å². The average Bonchev–Trinajstić information content (AvgIpc) is 2.47. The van der Waals surface area contributed by atoms with Crippen LogP contribution in [0.1, 0.15) is 25.8 Å². The lowest BCUT2D eigenvalue weighted by molar-refractivity contribution is -0.150. The summed E-state index contributed by atoms with van der Waals surface area (Å²) in [5.74, 6) is -1.93. The molecule has 1 aliphatic carbocycles. The number of para-hydroxylation sites is 1. The molecule has 0 aromatic heterocycles. The number of aryl methyl sites for hydroxylation is 1. The van der Waals surface area contributed by atoms with Gasteiger partial charge in [0, 0.05) is 12.6 Å². The van der Waals surface area contributed by atoms with Crippen LogP contribution < -0.4 is 0 Å². The summed E-state index contributed by atoms with van der Waals surface area (Å²) in [7, 11) is 1.27. The molecule has 0 amide bonds. The Morgan fingerprint density at radius 2 is 2.04 bits per heavy atom. The minimum Gasteiger partial charge on any atom is -0.511 e. The third-order valence-corrected chi connectivity index (χ3v) is 4.13. The summed E-state index contributed by atoms with van der Waals surface area (Å²) >= 11 is 0. The van der Waals surface area contributed by atoms with Gasteiger partial charge in [0.25, 0.3) is 0 Å². The van der Waals surface area contributed by atoms with Gasteiger partial charge in [-0.2, -0.15) is 0 Å². The Labute approximate surface area is 135 Å². The number of Topliss-reactive ketones (excluding diaryl/α,β-unsaturated/α-hetero) is 1. The predicted octanol–water partition coefficient (Wildman–Crippen LogP) is 3.30. The molecule has 2 rings (SSSR count). The number of rotatable bonds is 3.